The van der Waals surface area contributed by atoms with Gasteiger partial charge in [-0.25, -0.2) is 14.8 Å². The van der Waals surface area contributed by atoms with E-state index in [9.17, 15) is 4.79 Å². The normalized spacial score (nSPS) is 10.5. The molecule has 32 heavy (non-hydrogen) atoms. The SMILES string of the molecule is CCc1cc(Oc2ccc(CC#N)cn2)nc(-c2cccc(-n3ccc(N)nc3=O)c2)n1. The fourth-order valence-electron chi connectivity index (χ4n) is 3.02. The van der Waals surface area contributed by atoms with Gasteiger partial charge < -0.3 is 10.5 Å². The minimum atomic E-state index is -0.472. The third-order valence-corrected chi connectivity index (χ3v) is 4.62. The molecule has 0 radical (unpaired) electrons. The number of nitrogens with zero attached hydrogens (tertiary/aromatic N) is 6. The molecule has 3 heterocycles. The van der Waals surface area contributed by atoms with Crippen LogP contribution in [-0.2, 0) is 12.8 Å². The van der Waals surface area contributed by atoms with E-state index in [4.69, 9.17) is 15.7 Å². The number of rotatable bonds is 6. The van der Waals surface area contributed by atoms with Crippen LogP contribution in [0.1, 0.15) is 18.2 Å². The summed E-state index contributed by atoms with van der Waals surface area (Å²) in [5.41, 5.74) is 8.04. The zero-order valence-corrected chi connectivity index (χ0v) is 17.3. The van der Waals surface area contributed by atoms with Crippen molar-refractivity contribution in [2.24, 2.45) is 0 Å². The van der Waals surface area contributed by atoms with Crippen LogP contribution in [0, 0.1) is 11.3 Å². The lowest BCUT2D eigenvalue weighted by atomic mass is 10.1. The Balaban J connectivity index is 1.68. The van der Waals surface area contributed by atoms with E-state index >= 15 is 0 Å². The molecule has 9 nitrogen and oxygen atoms in total. The standard InChI is InChI=1S/C23H19N7O2/c1-2-17-13-21(32-20-7-6-15(8-10-24)14-26-20)29-22(27-17)16-4-3-5-18(12-16)30-11-9-19(25)28-23(30)31/h3-7,9,11-14H,2,8H2,1H3,(H2,25,28,31). The van der Waals surface area contributed by atoms with E-state index in [0.29, 0.717) is 35.3 Å². The van der Waals surface area contributed by atoms with E-state index in [1.165, 1.54) is 4.57 Å². The fraction of sp³-hybridized carbons (Fsp3) is 0.130. The number of hydrogen-bond donors (Lipinski definition) is 1. The van der Waals surface area contributed by atoms with Gasteiger partial charge in [-0.1, -0.05) is 25.1 Å². The first-order valence-corrected chi connectivity index (χ1v) is 9.89. The first-order chi connectivity index (χ1) is 15.6. The lowest BCUT2D eigenvalue weighted by molar-refractivity contribution is 0.443. The Labute approximate surface area is 183 Å². The number of nitrogen functional groups attached to an aromatic ring is 1. The van der Waals surface area contributed by atoms with Crippen molar-refractivity contribution in [3.8, 4) is 34.9 Å². The second kappa shape index (κ2) is 9.06. The van der Waals surface area contributed by atoms with Crippen molar-refractivity contribution < 1.29 is 4.74 Å². The molecule has 4 rings (SSSR count). The summed E-state index contributed by atoms with van der Waals surface area (Å²) in [7, 11) is 0. The molecule has 1 aromatic carbocycles. The molecule has 9 heteroatoms. The van der Waals surface area contributed by atoms with Crippen LogP contribution < -0.4 is 16.2 Å². The topological polar surface area (TPSA) is 133 Å². The third kappa shape index (κ3) is 4.60. The molecule has 0 aliphatic carbocycles. The highest BCUT2D eigenvalue weighted by molar-refractivity contribution is 5.60. The maximum atomic E-state index is 12.2. The molecule has 0 atom stereocenters. The van der Waals surface area contributed by atoms with Gasteiger partial charge in [0.25, 0.3) is 0 Å². The number of nitriles is 1. The molecule has 0 bridgehead atoms. The monoisotopic (exact) mass is 425 g/mol. The van der Waals surface area contributed by atoms with Gasteiger partial charge >= 0.3 is 5.69 Å². The van der Waals surface area contributed by atoms with E-state index < -0.39 is 5.69 Å². The van der Waals surface area contributed by atoms with Crippen molar-refractivity contribution >= 4 is 5.82 Å². The summed E-state index contributed by atoms with van der Waals surface area (Å²) in [6.07, 6.45) is 4.14. The van der Waals surface area contributed by atoms with Crippen LogP contribution in [0.2, 0.25) is 0 Å². The summed E-state index contributed by atoms with van der Waals surface area (Å²) >= 11 is 0. The first-order valence-electron chi connectivity index (χ1n) is 9.89. The fourth-order valence-corrected chi connectivity index (χ4v) is 3.02. The molecule has 0 aliphatic heterocycles. The van der Waals surface area contributed by atoms with E-state index in [1.54, 1.807) is 48.8 Å². The van der Waals surface area contributed by atoms with Gasteiger partial charge in [0, 0.05) is 35.8 Å². The van der Waals surface area contributed by atoms with Gasteiger partial charge in [0.2, 0.25) is 11.8 Å². The summed E-state index contributed by atoms with van der Waals surface area (Å²) in [4.78, 5) is 29.3. The summed E-state index contributed by atoms with van der Waals surface area (Å²) < 4.78 is 7.24. The van der Waals surface area contributed by atoms with E-state index in [2.05, 4.69) is 26.0 Å². The molecule has 0 saturated heterocycles. The highest BCUT2D eigenvalue weighted by atomic mass is 16.5. The first kappa shape index (κ1) is 20.7. The van der Waals surface area contributed by atoms with Crippen molar-refractivity contribution in [3.63, 3.8) is 0 Å². The smallest absolute Gasteiger partial charge is 0.354 e. The van der Waals surface area contributed by atoms with Gasteiger partial charge in [-0.2, -0.15) is 15.2 Å². The van der Waals surface area contributed by atoms with Crippen molar-refractivity contribution in [1.82, 2.24) is 24.5 Å². The average molecular weight is 425 g/mol. The minimum Gasteiger partial charge on any atom is -0.421 e. The largest absolute Gasteiger partial charge is 0.421 e. The van der Waals surface area contributed by atoms with Gasteiger partial charge in [0.1, 0.15) is 5.82 Å². The van der Waals surface area contributed by atoms with Crippen LogP contribution in [-0.4, -0.2) is 24.5 Å². The second-order valence-corrected chi connectivity index (χ2v) is 6.87. The predicted octanol–water partition coefficient (Wildman–Crippen LogP) is 3.09. The van der Waals surface area contributed by atoms with Crippen molar-refractivity contribution in [3.05, 3.63) is 82.7 Å². The zero-order valence-electron chi connectivity index (χ0n) is 17.3. The number of ether oxygens (including phenoxy) is 1. The van der Waals surface area contributed by atoms with Crippen LogP contribution in [0.25, 0.3) is 17.1 Å². The number of nitrogens with two attached hydrogens (primary N) is 1. The van der Waals surface area contributed by atoms with Crippen LogP contribution in [0.4, 0.5) is 5.82 Å². The van der Waals surface area contributed by atoms with E-state index in [1.807, 2.05) is 19.1 Å². The van der Waals surface area contributed by atoms with Crippen molar-refractivity contribution in [2.75, 3.05) is 5.73 Å². The summed E-state index contributed by atoms with van der Waals surface area (Å²) in [5, 5.41) is 8.79. The Hall–Kier alpha value is -4.58. The Morgan fingerprint density at radius 3 is 2.69 bits per heavy atom. The molecule has 0 spiro atoms. The number of anilines is 1. The summed E-state index contributed by atoms with van der Waals surface area (Å²) in [6, 6.07) is 16.1. The molecule has 4 aromatic rings. The highest BCUT2D eigenvalue weighted by Crippen LogP contribution is 2.24. The Morgan fingerprint density at radius 1 is 1.09 bits per heavy atom. The lowest BCUT2D eigenvalue weighted by Gasteiger charge is -2.10. The Bertz CT molecular complexity index is 1360. The molecule has 0 unspecified atom stereocenters. The van der Waals surface area contributed by atoms with Crippen LogP contribution >= 0.6 is 0 Å². The van der Waals surface area contributed by atoms with Gasteiger partial charge in [0.15, 0.2) is 5.82 Å². The molecule has 0 saturated carbocycles. The number of aromatic nitrogens is 5. The maximum Gasteiger partial charge on any atom is 0.354 e. The predicted molar refractivity (Wildman–Crippen MR) is 118 cm³/mol. The van der Waals surface area contributed by atoms with Gasteiger partial charge in [-0.05, 0) is 30.2 Å². The van der Waals surface area contributed by atoms with Crippen LogP contribution in [0.15, 0.2) is 65.7 Å². The van der Waals surface area contributed by atoms with E-state index in [0.717, 1.165) is 11.3 Å². The van der Waals surface area contributed by atoms with Crippen LogP contribution in [0.3, 0.4) is 0 Å². The molecule has 158 valence electrons. The molecular weight excluding hydrogens is 406 g/mol. The number of aryl methyl sites for hydroxylation is 1. The average Bonchev–Trinajstić information content (AvgIpc) is 2.80. The van der Waals surface area contributed by atoms with E-state index in [-0.39, 0.29) is 12.2 Å². The zero-order chi connectivity index (χ0) is 22.5. The molecule has 3 aromatic heterocycles. The summed E-state index contributed by atoms with van der Waals surface area (Å²) in [6.45, 7) is 1.99. The lowest BCUT2D eigenvalue weighted by Crippen LogP contribution is -2.21. The maximum absolute atomic E-state index is 12.2. The van der Waals surface area contributed by atoms with Gasteiger partial charge in [-0.3, -0.25) is 4.57 Å². The third-order valence-electron chi connectivity index (χ3n) is 4.62. The quantitative estimate of drug-likeness (QED) is 0.498. The number of benzene rings is 1. The van der Waals surface area contributed by atoms with Gasteiger partial charge in [0.05, 0.1) is 18.2 Å². The molecule has 0 aliphatic rings. The summed E-state index contributed by atoms with van der Waals surface area (Å²) in [5.74, 6) is 1.34. The van der Waals surface area contributed by atoms with Gasteiger partial charge in [-0.15, -0.1) is 0 Å². The van der Waals surface area contributed by atoms with Crippen LogP contribution in [0.5, 0.6) is 11.8 Å². The molecule has 0 fully saturated rings. The number of hydrogen-bond acceptors (Lipinski definition) is 8. The minimum absolute atomic E-state index is 0.164. The Morgan fingerprint density at radius 2 is 1.97 bits per heavy atom. The highest BCUT2D eigenvalue weighted by Gasteiger charge is 2.11. The Kier molecular flexibility index (Phi) is 5.85. The second-order valence-electron chi connectivity index (χ2n) is 6.87. The number of pyridine rings is 1. The molecular formula is C23H19N7O2. The van der Waals surface area contributed by atoms with Crippen molar-refractivity contribution in [2.45, 2.75) is 19.8 Å². The molecule has 0 amide bonds. The molecule has 2 N–H and O–H groups in total. The van der Waals surface area contributed by atoms with Crippen molar-refractivity contribution in [1.29, 1.82) is 5.26 Å².